The summed E-state index contributed by atoms with van der Waals surface area (Å²) >= 11 is 1.22. The SMILES string of the molecule is Cc1cc(C(=O)Nc2nc(-c3cccc([N+](=O)[O-])c3)cs2)no1. The van der Waals surface area contributed by atoms with E-state index in [1.54, 1.807) is 24.4 Å². The van der Waals surface area contributed by atoms with Crippen LogP contribution >= 0.6 is 11.3 Å². The number of rotatable bonds is 4. The summed E-state index contributed by atoms with van der Waals surface area (Å²) in [4.78, 5) is 26.6. The summed E-state index contributed by atoms with van der Waals surface area (Å²) in [5.74, 6) is 0.105. The Kier molecular flexibility index (Phi) is 3.85. The molecule has 0 bridgehead atoms. The molecule has 2 aromatic heterocycles. The molecule has 9 heteroatoms. The van der Waals surface area contributed by atoms with E-state index in [0.29, 0.717) is 22.1 Å². The Hall–Kier alpha value is -3.07. The highest BCUT2D eigenvalue weighted by molar-refractivity contribution is 7.14. The number of amides is 1. The summed E-state index contributed by atoms with van der Waals surface area (Å²) in [5.41, 5.74) is 1.30. The minimum absolute atomic E-state index is 0.0147. The number of aryl methyl sites for hydroxylation is 1. The first-order chi connectivity index (χ1) is 11.0. The Morgan fingerprint density at radius 2 is 2.22 bits per heavy atom. The monoisotopic (exact) mass is 330 g/mol. The third-order valence-corrected chi connectivity index (χ3v) is 3.70. The van der Waals surface area contributed by atoms with Crippen LogP contribution < -0.4 is 5.32 Å². The van der Waals surface area contributed by atoms with Gasteiger partial charge < -0.3 is 4.52 Å². The van der Waals surface area contributed by atoms with Gasteiger partial charge in [-0.2, -0.15) is 0 Å². The van der Waals surface area contributed by atoms with Crippen molar-refractivity contribution < 1.29 is 14.2 Å². The zero-order chi connectivity index (χ0) is 16.4. The Labute approximate surface area is 133 Å². The smallest absolute Gasteiger partial charge is 0.279 e. The van der Waals surface area contributed by atoms with Crippen molar-refractivity contribution in [1.29, 1.82) is 0 Å². The first kappa shape index (κ1) is 14.9. The number of nitro benzene ring substituents is 1. The van der Waals surface area contributed by atoms with Crippen LogP contribution in [0.15, 0.2) is 40.2 Å². The molecule has 0 fully saturated rings. The molecule has 0 radical (unpaired) electrons. The van der Waals surface area contributed by atoms with E-state index < -0.39 is 10.8 Å². The molecule has 0 aliphatic carbocycles. The number of benzene rings is 1. The summed E-state index contributed by atoms with van der Waals surface area (Å²) in [6.45, 7) is 1.69. The van der Waals surface area contributed by atoms with E-state index in [4.69, 9.17) is 4.52 Å². The number of anilines is 1. The number of carbonyl (C=O) groups excluding carboxylic acids is 1. The molecule has 1 aromatic carbocycles. The molecule has 3 aromatic rings. The molecule has 0 aliphatic rings. The molecule has 116 valence electrons. The molecule has 0 unspecified atom stereocenters. The van der Waals surface area contributed by atoms with Crippen molar-refractivity contribution in [3.63, 3.8) is 0 Å². The second-order valence-electron chi connectivity index (χ2n) is 4.62. The van der Waals surface area contributed by atoms with E-state index in [0.717, 1.165) is 0 Å². The molecule has 23 heavy (non-hydrogen) atoms. The maximum atomic E-state index is 12.0. The highest BCUT2D eigenvalue weighted by atomic mass is 32.1. The van der Waals surface area contributed by atoms with Crippen LogP contribution in [-0.4, -0.2) is 21.0 Å². The van der Waals surface area contributed by atoms with Crippen molar-refractivity contribution in [3.05, 3.63) is 57.3 Å². The highest BCUT2D eigenvalue weighted by Crippen LogP contribution is 2.27. The average Bonchev–Trinajstić information content (AvgIpc) is 3.16. The lowest BCUT2D eigenvalue weighted by Crippen LogP contribution is -2.11. The zero-order valence-electron chi connectivity index (χ0n) is 11.8. The molecule has 1 amide bonds. The molecular formula is C14H10N4O4S. The molecule has 2 heterocycles. The van der Waals surface area contributed by atoms with Crippen molar-refractivity contribution in [2.24, 2.45) is 0 Å². The summed E-state index contributed by atoms with van der Waals surface area (Å²) in [6, 6.07) is 7.66. The van der Waals surface area contributed by atoms with Crippen LogP contribution in [0.5, 0.6) is 0 Å². The fourth-order valence-corrected chi connectivity index (χ4v) is 2.59. The largest absolute Gasteiger partial charge is 0.361 e. The van der Waals surface area contributed by atoms with E-state index in [1.165, 1.54) is 29.5 Å². The molecular weight excluding hydrogens is 320 g/mol. The van der Waals surface area contributed by atoms with Crippen molar-refractivity contribution >= 4 is 28.1 Å². The lowest BCUT2D eigenvalue weighted by atomic mass is 10.1. The van der Waals surface area contributed by atoms with Crippen molar-refractivity contribution in [2.45, 2.75) is 6.92 Å². The van der Waals surface area contributed by atoms with Crippen molar-refractivity contribution in [3.8, 4) is 11.3 Å². The molecule has 0 spiro atoms. The van der Waals surface area contributed by atoms with Gasteiger partial charge in [0.1, 0.15) is 5.76 Å². The summed E-state index contributed by atoms with van der Waals surface area (Å²) in [7, 11) is 0. The maximum Gasteiger partial charge on any atom is 0.279 e. The Balaban J connectivity index is 1.79. The van der Waals surface area contributed by atoms with E-state index in [1.807, 2.05) is 0 Å². The number of aromatic nitrogens is 2. The molecule has 0 saturated heterocycles. The van der Waals surface area contributed by atoms with Crippen LogP contribution in [-0.2, 0) is 0 Å². The van der Waals surface area contributed by atoms with E-state index in [-0.39, 0.29) is 11.4 Å². The average molecular weight is 330 g/mol. The van der Waals surface area contributed by atoms with Gasteiger partial charge in [-0.25, -0.2) is 4.98 Å². The number of non-ortho nitro benzene ring substituents is 1. The predicted molar refractivity (Wildman–Crippen MR) is 83.4 cm³/mol. The van der Waals surface area contributed by atoms with E-state index >= 15 is 0 Å². The van der Waals surface area contributed by atoms with Crippen molar-refractivity contribution in [1.82, 2.24) is 10.1 Å². The zero-order valence-corrected chi connectivity index (χ0v) is 12.7. The van der Waals surface area contributed by atoms with E-state index in [2.05, 4.69) is 15.5 Å². The standard InChI is InChI=1S/C14H10N4O4S/c1-8-5-11(17-22-8)13(19)16-14-15-12(7-23-14)9-3-2-4-10(6-9)18(20)21/h2-7H,1H3,(H,15,16,19). The van der Waals surface area contributed by atoms with Gasteiger partial charge in [0.2, 0.25) is 0 Å². The second kappa shape index (κ2) is 5.97. The second-order valence-corrected chi connectivity index (χ2v) is 5.48. The summed E-state index contributed by atoms with van der Waals surface area (Å²) in [6.07, 6.45) is 0. The molecule has 8 nitrogen and oxygen atoms in total. The number of hydrogen-bond donors (Lipinski definition) is 1. The van der Waals surface area contributed by atoms with Gasteiger partial charge in [-0.1, -0.05) is 17.3 Å². The van der Waals surface area contributed by atoms with Gasteiger partial charge in [0.15, 0.2) is 10.8 Å². The van der Waals surface area contributed by atoms with Gasteiger partial charge in [-0.3, -0.25) is 20.2 Å². The quantitative estimate of drug-likeness (QED) is 0.580. The van der Waals surface area contributed by atoms with Gasteiger partial charge in [0.05, 0.1) is 10.6 Å². The third kappa shape index (κ3) is 3.24. The van der Waals surface area contributed by atoms with E-state index in [9.17, 15) is 14.9 Å². The fraction of sp³-hybridized carbons (Fsp3) is 0.0714. The number of nitro groups is 1. The lowest BCUT2D eigenvalue weighted by Gasteiger charge is -1.98. The highest BCUT2D eigenvalue weighted by Gasteiger charge is 2.14. The van der Waals surface area contributed by atoms with Crippen LogP contribution in [0.1, 0.15) is 16.2 Å². The molecule has 3 rings (SSSR count). The Morgan fingerprint density at radius 1 is 1.39 bits per heavy atom. The van der Waals surface area contributed by atoms with Gasteiger partial charge in [0, 0.05) is 29.1 Å². The number of nitrogens with one attached hydrogen (secondary N) is 1. The molecule has 0 atom stereocenters. The molecule has 0 aliphatic heterocycles. The first-order valence-electron chi connectivity index (χ1n) is 6.48. The van der Waals surface area contributed by atoms with Gasteiger partial charge in [0.25, 0.3) is 11.6 Å². The van der Waals surface area contributed by atoms with Crippen molar-refractivity contribution in [2.75, 3.05) is 5.32 Å². The number of hydrogen-bond acceptors (Lipinski definition) is 7. The van der Waals surface area contributed by atoms with Crippen LogP contribution in [0, 0.1) is 17.0 Å². The molecule has 0 saturated carbocycles. The number of thiazole rings is 1. The minimum atomic E-state index is -0.467. The maximum absolute atomic E-state index is 12.0. The van der Waals surface area contributed by atoms with Crippen LogP contribution in [0.25, 0.3) is 11.3 Å². The van der Waals surface area contributed by atoms with Crippen LogP contribution in [0.3, 0.4) is 0 Å². The molecule has 1 N–H and O–H groups in total. The lowest BCUT2D eigenvalue weighted by molar-refractivity contribution is -0.384. The fourth-order valence-electron chi connectivity index (χ4n) is 1.88. The first-order valence-corrected chi connectivity index (χ1v) is 7.36. The predicted octanol–water partition coefficient (Wildman–Crippen LogP) is 3.27. The van der Waals surface area contributed by atoms with Gasteiger partial charge in [-0.05, 0) is 6.92 Å². The number of nitrogens with zero attached hydrogens (tertiary/aromatic N) is 3. The summed E-state index contributed by atoms with van der Waals surface area (Å²) < 4.78 is 4.84. The van der Waals surface area contributed by atoms with Gasteiger partial charge in [-0.15, -0.1) is 11.3 Å². The van der Waals surface area contributed by atoms with Crippen LogP contribution in [0.2, 0.25) is 0 Å². The number of carbonyl (C=O) groups is 1. The Bertz CT molecular complexity index is 886. The topological polar surface area (TPSA) is 111 Å². The minimum Gasteiger partial charge on any atom is -0.361 e. The third-order valence-electron chi connectivity index (χ3n) is 2.94. The Morgan fingerprint density at radius 3 is 2.91 bits per heavy atom. The summed E-state index contributed by atoms with van der Waals surface area (Å²) in [5, 5.41) is 19.1. The van der Waals surface area contributed by atoms with Crippen LogP contribution in [0.4, 0.5) is 10.8 Å². The normalized spacial score (nSPS) is 10.5. The van der Waals surface area contributed by atoms with Gasteiger partial charge >= 0.3 is 0 Å².